The molecule has 120 valence electrons. The van der Waals surface area contributed by atoms with Crippen LogP contribution in [0.2, 0.25) is 5.02 Å². The minimum absolute atomic E-state index is 0. The third-order valence-corrected chi connectivity index (χ3v) is 2.85. The van der Waals surface area contributed by atoms with Gasteiger partial charge in [-0.05, 0) is 38.0 Å². The molecule has 21 heavy (non-hydrogen) atoms. The van der Waals surface area contributed by atoms with Crippen molar-refractivity contribution in [2.24, 2.45) is 4.99 Å². The van der Waals surface area contributed by atoms with E-state index in [1.54, 1.807) is 0 Å². The van der Waals surface area contributed by atoms with Crippen LogP contribution in [-0.4, -0.2) is 32.3 Å². The van der Waals surface area contributed by atoms with E-state index in [2.05, 4.69) is 22.5 Å². The highest BCUT2D eigenvalue weighted by molar-refractivity contribution is 14.0. The van der Waals surface area contributed by atoms with E-state index in [1.165, 1.54) is 0 Å². The van der Waals surface area contributed by atoms with Gasteiger partial charge in [0.25, 0.3) is 0 Å². The van der Waals surface area contributed by atoms with Gasteiger partial charge < -0.3 is 15.4 Å². The second-order valence-corrected chi connectivity index (χ2v) is 4.74. The molecule has 0 aliphatic heterocycles. The van der Waals surface area contributed by atoms with E-state index in [1.807, 2.05) is 31.2 Å². The Kier molecular flexibility index (Phi) is 12.8. The van der Waals surface area contributed by atoms with Crippen LogP contribution in [-0.2, 0) is 11.3 Å². The lowest BCUT2D eigenvalue weighted by molar-refractivity contribution is 0.145. The number of nitrogens with one attached hydrogen (secondary N) is 2. The molecule has 6 heteroatoms. The molecule has 1 aromatic carbocycles. The first-order valence-corrected chi connectivity index (χ1v) is 7.48. The average molecular weight is 426 g/mol. The molecule has 0 saturated heterocycles. The standard InChI is InChI=1S/C15H24ClN3O.HI/c1-3-17-15(18-9-6-10-20-4-2)19-12-13-7-5-8-14(16)11-13;/h5,7-8,11H,3-4,6,9-10,12H2,1-2H3,(H2,17,18,19);1H. The van der Waals surface area contributed by atoms with Crippen LogP contribution >= 0.6 is 35.6 Å². The van der Waals surface area contributed by atoms with Crippen molar-refractivity contribution < 1.29 is 4.74 Å². The van der Waals surface area contributed by atoms with E-state index in [4.69, 9.17) is 16.3 Å². The van der Waals surface area contributed by atoms with Crippen molar-refractivity contribution in [1.29, 1.82) is 0 Å². The van der Waals surface area contributed by atoms with Crippen LogP contribution in [0.25, 0.3) is 0 Å². The Hall–Kier alpha value is -0.530. The molecule has 0 aliphatic carbocycles. The summed E-state index contributed by atoms with van der Waals surface area (Å²) in [5.41, 5.74) is 1.10. The van der Waals surface area contributed by atoms with Gasteiger partial charge in [0.05, 0.1) is 6.54 Å². The van der Waals surface area contributed by atoms with Gasteiger partial charge in [-0.3, -0.25) is 0 Å². The zero-order valence-corrected chi connectivity index (χ0v) is 15.8. The highest BCUT2D eigenvalue weighted by Crippen LogP contribution is 2.11. The number of halogens is 2. The Morgan fingerprint density at radius 1 is 1.29 bits per heavy atom. The van der Waals surface area contributed by atoms with E-state index in [0.717, 1.165) is 49.3 Å². The first-order chi connectivity index (χ1) is 9.76. The van der Waals surface area contributed by atoms with Gasteiger partial charge in [-0.15, -0.1) is 24.0 Å². The summed E-state index contributed by atoms with van der Waals surface area (Å²) in [7, 11) is 0. The fourth-order valence-corrected chi connectivity index (χ4v) is 1.89. The van der Waals surface area contributed by atoms with Crippen LogP contribution in [0.4, 0.5) is 0 Å². The number of aliphatic imine (C=N–C) groups is 1. The third kappa shape index (κ3) is 9.92. The fraction of sp³-hybridized carbons (Fsp3) is 0.533. The molecule has 2 N–H and O–H groups in total. The average Bonchev–Trinajstić information content (AvgIpc) is 2.44. The van der Waals surface area contributed by atoms with E-state index < -0.39 is 0 Å². The first kappa shape index (κ1) is 20.5. The molecular formula is C15H25ClIN3O. The highest BCUT2D eigenvalue weighted by atomic mass is 127. The molecule has 1 rings (SSSR count). The molecule has 0 aromatic heterocycles. The van der Waals surface area contributed by atoms with Crippen molar-refractivity contribution >= 4 is 41.5 Å². The second kappa shape index (κ2) is 13.2. The summed E-state index contributed by atoms with van der Waals surface area (Å²) in [5, 5.41) is 7.26. The van der Waals surface area contributed by atoms with Gasteiger partial charge in [0.15, 0.2) is 5.96 Å². The number of rotatable bonds is 8. The Labute approximate surface area is 149 Å². The van der Waals surface area contributed by atoms with Crippen molar-refractivity contribution in [3.63, 3.8) is 0 Å². The van der Waals surface area contributed by atoms with Crippen LogP contribution in [0.3, 0.4) is 0 Å². The maximum Gasteiger partial charge on any atom is 0.191 e. The summed E-state index contributed by atoms with van der Waals surface area (Å²) in [6.45, 7) is 7.90. The normalized spacial score (nSPS) is 10.9. The fourth-order valence-electron chi connectivity index (χ4n) is 1.67. The molecule has 0 bridgehead atoms. The van der Waals surface area contributed by atoms with Gasteiger partial charge in [0.1, 0.15) is 0 Å². The minimum atomic E-state index is 0. The zero-order chi connectivity index (χ0) is 14.6. The van der Waals surface area contributed by atoms with Crippen molar-refractivity contribution in [1.82, 2.24) is 10.6 Å². The number of ether oxygens (including phenoxy) is 1. The lowest BCUT2D eigenvalue weighted by atomic mass is 10.2. The molecule has 0 aliphatic rings. The van der Waals surface area contributed by atoms with Crippen LogP contribution < -0.4 is 10.6 Å². The van der Waals surface area contributed by atoms with E-state index in [-0.39, 0.29) is 24.0 Å². The van der Waals surface area contributed by atoms with Gasteiger partial charge in [0.2, 0.25) is 0 Å². The number of hydrogen-bond donors (Lipinski definition) is 2. The molecule has 0 fully saturated rings. The number of nitrogens with zero attached hydrogens (tertiary/aromatic N) is 1. The van der Waals surface area contributed by atoms with Crippen molar-refractivity contribution in [3.05, 3.63) is 34.9 Å². The monoisotopic (exact) mass is 425 g/mol. The smallest absolute Gasteiger partial charge is 0.191 e. The Balaban J connectivity index is 0.00000400. The topological polar surface area (TPSA) is 45.7 Å². The number of hydrogen-bond acceptors (Lipinski definition) is 2. The predicted octanol–water partition coefficient (Wildman–Crippen LogP) is 3.44. The first-order valence-electron chi connectivity index (χ1n) is 7.10. The summed E-state index contributed by atoms with van der Waals surface area (Å²) in [6, 6.07) is 7.76. The molecule has 0 radical (unpaired) electrons. The lowest BCUT2D eigenvalue weighted by Crippen LogP contribution is -2.38. The second-order valence-electron chi connectivity index (χ2n) is 4.30. The van der Waals surface area contributed by atoms with Gasteiger partial charge in [-0.2, -0.15) is 0 Å². The van der Waals surface area contributed by atoms with Crippen LogP contribution in [0, 0.1) is 0 Å². The van der Waals surface area contributed by atoms with Crippen molar-refractivity contribution in [3.8, 4) is 0 Å². The summed E-state index contributed by atoms with van der Waals surface area (Å²) in [4.78, 5) is 4.54. The molecule has 0 spiro atoms. The van der Waals surface area contributed by atoms with Crippen LogP contribution in [0.15, 0.2) is 29.3 Å². The molecule has 4 nitrogen and oxygen atoms in total. The van der Waals surface area contributed by atoms with Gasteiger partial charge in [-0.25, -0.2) is 4.99 Å². The summed E-state index contributed by atoms with van der Waals surface area (Å²) >= 11 is 5.96. The number of benzene rings is 1. The highest BCUT2D eigenvalue weighted by Gasteiger charge is 1.98. The lowest BCUT2D eigenvalue weighted by Gasteiger charge is -2.11. The molecule has 1 aromatic rings. The zero-order valence-electron chi connectivity index (χ0n) is 12.7. The van der Waals surface area contributed by atoms with Crippen LogP contribution in [0.1, 0.15) is 25.8 Å². The maximum atomic E-state index is 5.96. The third-order valence-electron chi connectivity index (χ3n) is 2.62. The summed E-state index contributed by atoms with van der Waals surface area (Å²) in [6.07, 6.45) is 0.968. The largest absolute Gasteiger partial charge is 0.382 e. The van der Waals surface area contributed by atoms with E-state index >= 15 is 0 Å². The Morgan fingerprint density at radius 2 is 2.10 bits per heavy atom. The van der Waals surface area contributed by atoms with Crippen molar-refractivity contribution in [2.45, 2.75) is 26.8 Å². The maximum absolute atomic E-state index is 5.96. The Bertz CT molecular complexity index is 416. The minimum Gasteiger partial charge on any atom is -0.382 e. The molecule has 0 atom stereocenters. The SMILES string of the molecule is CCNC(=NCc1cccc(Cl)c1)NCCCOCC.I. The van der Waals surface area contributed by atoms with Crippen molar-refractivity contribution in [2.75, 3.05) is 26.3 Å². The predicted molar refractivity (Wildman–Crippen MR) is 101 cm³/mol. The van der Waals surface area contributed by atoms with Gasteiger partial charge in [-0.1, -0.05) is 23.7 Å². The Morgan fingerprint density at radius 3 is 2.76 bits per heavy atom. The molecule has 0 unspecified atom stereocenters. The molecule has 0 heterocycles. The summed E-state index contributed by atoms with van der Waals surface area (Å²) in [5.74, 6) is 0.823. The molecular weight excluding hydrogens is 401 g/mol. The molecule has 0 amide bonds. The number of guanidine groups is 1. The summed E-state index contributed by atoms with van der Waals surface area (Å²) < 4.78 is 5.30. The van der Waals surface area contributed by atoms with E-state index in [0.29, 0.717) is 6.54 Å². The van der Waals surface area contributed by atoms with Gasteiger partial charge >= 0.3 is 0 Å². The van der Waals surface area contributed by atoms with Crippen LogP contribution in [0.5, 0.6) is 0 Å². The van der Waals surface area contributed by atoms with E-state index in [9.17, 15) is 0 Å². The molecule has 0 saturated carbocycles. The van der Waals surface area contributed by atoms with Gasteiger partial charge in [0, 0.05) is 31.3 Å². The quantitative estimate of drug-likeness (QED) is 0.290.